The first-order valence-electron chi connectivity index (χ1n) is 9.75. The molecule has 0 aromatic carbocycles. The van der Waals surface area contributed by atoms with Crippen molar-refractivity contribution in [2.24, 2.45) is 0 Å². The van der Waals surface area contributed by atoms with Crippen LogP contribution in [0.25, 0.3) is 11.5 Å². The summed E-state index contributed by atoms with van der Waals surface area (Å²) in [5.74, 6) is 1.35. The highest BCUT2D eigenvalue weighted by Gasteiger charge is 2.24. The fourth-order valence-electron chi connectivity index (χ4n) is 3.42. The molecule has 0 saturated carbocycles. The number of likely N-dealkylation sites (N-methyl/N-ethyl adjacent to an activating group) is 1. The molecule has 0 fully saturated rings. The van der Waals surface area contributed by atoms with Crippen molar-refractivity contribution in [3.8, 4) is 11.5 Å². The standard InChI is InChI=1S/C21H29N5O2/c1-21(2,3)25-18(28)13-26(4)20-15-6-5-7-16(15)23-19(24-20)17-9-8-14(10-11-27)12-22-17/h8-9,12,27H,5-7,10-11,13H2,1-4H3,(H,25,28). The fraction of sp³-hybridized carbons (Fsp3) is 0.524. The van der Waals surface area contributed by atoms with E-state index in [1.165, 1.54) is 0 Å². The average Bonchev–Trinajstić information content (AvgIpc) is 3.08. The monoisotopic (exact) mass is 383 g/mol. The van der Waals surface area contributed by atoms with Crippen LogP contribution >= 0.6 is 0 Å². The average molecular weight is 383 g/mol. The van der Waals surface area contributed by atoms with Gasteiger partial charge in [0.1, 0.15) is 11.5 Å². The number of nitrogens with one attached hydrogen (secondary N) is 1. The lowest BCUT2D eigenvalue weighted by molar-refractivity contribution is -0.121. The molecule has 2 aromatic rings. The van der Waals surface area contributed by atoms with Gasteiger partial charge in [-0.15, -0.1) is 0 Å². The summed E-state index contributed by atoms with van der Waals surface area (Å²) in [5.41, 5.74) is 3.58. The van der Waals surface area contributed by atoms with Crippen molar-refractivity contribution < 1.29 is 9.90 Å². The van der Waals surface area contributed by atoms with Crippen LogP contribution < -0.4 is 10.2 Å². The number of aryl methyl sites for hydroxylation is 1. The number of pyridine rings is 1. The van der Waals surface area contributed by atoms with E-state index in [2.05, 4.69) is 10.3 Å². The van der Waals surface area contributed by atoms with Crippen molar-refractivity contribution in [3.05, 3.63) is 35.2 Å². The van der Waals surface area contributed by atoms with Crippen molar-refractivity contribution in [3.63, 3.8) is 0 Å². The first kappa shape index (κ1) is 20.2. The van der Waals surface area contributed by atoms with E-state index in [9.17, 15) is 4.79 Å². The van der Waals surface area contributed by atoms with E-state index in [1.54, 1.807) is 6.20 Å². The van der Waals surface area contributed by atoms with Gasteiger partial charge < -0.3 is 15.3 Å². The first-order valence-corrected chi connectivity index (χ1v) is 9.75. The molecule has 28 heavy (non-hydrogen) atoms. The number of aliphatic hydroxyl groups is 1. The predicted octanol–water partition coefficient (Wildman–Crippen LogP) is 1.91. The van der Waals surface area contributed by atoms with Crippen LogP contribution in [0.3, 0.4) is 0 Å². The zero-order valence-corrected chi connectivity index (χ0v) is 17.1. The van der Waals surface area contributed by atoms with Crippen molar-refractivity contribution in [2.45, 2.75) is 52.0 Å². The van der Waals surface area contributed by atoms with Crippen LogP contribution in [-0.2, 0) is 24.1 Å². The van der Waals surface area contributed by atoms with E-state index in [1.807, 2.05) is 44.9 Å². The van der Waals surface area contributed by atoms with Gasteiger partial charge in [0.05, 0.1) is 6.54 Å². The Morgan fingerprint density at radius 3 is 2.68 bits per heavy atom. The molecule has 150 valence electrons. The molecule has 2 N–H and O–H groups in total. The summed E-state index contributed by atoms with van der Waals surface area (Å²) in [4.78, 5) is 28.2. The molecule has 0 aliphatic heterocycles. The molecule has 0 saturated heterocycles. The second-order valence-corrected chi connectivity index (χ2v) is 8.33. The Hall–Kier alpha value is -2.54. The van der Waals surface area contributed by atoms with Crippen LogP contribution in [0.4, 0.5) is 5.82 Å². The number of nitrogens with zero attached hydrogens (tertiary/aromatic N) is 4. The molecule has 1 aliphatic carbocycles. The number of anilines is 1. The molecule has 0 bridgehead atoms. The third-order valence-corrected chi connectivity index (χ3v) is 4.62. The lowest BCUT2D eigenvalue weighted by Crippen LogP contribution is -2.45. The van der Waals surface area contributed by atoms with E-state index in [0.29, 0.717) is 17.9 Å². The summed E-state index contributed by atoms with van der Waals surface area (Å²) in [6.45, 7) is 6.25. The molecule has 0 atom stereocenters. The minimum absolute atomic E-state index is 0.0339. The topological polar surface area (TPSA) is 91.2 Å². The predicted molar refractivity (Wildman–Crippen MR) is 109 cm³/mol. The number of aliphatic hydroxyl groups excluding tert-OH is 1. The molecule has 7 heteroatoms. The SMILES string of the molecule is CN(CC(=O)NC(C)(C)C)c1nc(-c2ccc(CCO)cn2)nc2c1CCC2. The maximum Gasteiger partial charge on any atom is 0.239 e. The largest absolute Gasteiger partial charge is 0.396 e. The molecule has 1 aliphatic rings. The summed E-state index contributed by atoms with van der Waals surface area (Å²) < 4.78 is 0. The number of rotatable bonds is 6. The van der Waals surface area contributed by atoms with Crippen molar-refractivity contribution >= 4 is 11.7 Å². The van der Waals surface area contributed by atoms with Gasteiger partial charge in [-0.25, -0.2) is 9.97 Å². The molecule has 1 amide bonds. The van der Waals surface area contributed by atoms with Crippen LogP contribution in [0.2, 0.25) is 0 Å². The molecular weight excluding hydrogens is 354 g/mol. The second kappa shape index (κ2) is 8.22. The summed E-state index contributed by atoms with van der Waals surface area (Å²) in [5, 5.41) is 12.1. The van der Waals surface area contributed by atoms with Crippen LogP contribution in [0.5, 0.6) is 0 Å². The molecule has 7 nitrogen and oxygen atoms in total. The maximum atomic E-state index is 12.4. The minimum Gasteiger partial charge on any atom is -0.396 e. The van der Waals surface area contributed by atoms with E-state index in [4.69, 9.17) is 15.1 Å². The van der Waals surface area contributed by atoms with Gasteiger partial charge in [-0.2, -0.15) is 0 Å². The Labute approximate surface area is 166 Å². The van der Waals surface area contributed by atoms with Crippen molar-refractivity contribution in [1.82, 2.24) is 20.3 Å². The number of amides is 1. The minimum atomic E-state index is -0.267. The maximum absolute atomic E-state index is 12.4. The Morgan fingerprint density at radius 2 is 2.04 bits per heavy atom. The summed E-state index contributed by atoms with van der Waals surface area (Å²) in [7, 11) is 1.89. The highest BCUT2D eigenvalue weighted by molar-refractivity contribution is 5.82. The van der Waals surface area contributed by atoms with Crippen molar-refractivity contribution in [1.29, 1.82) is 0 Å². The Morgan fingerprint density at radius 1 is 1.25 bits per heavy atom. The van der Waals surface area contributed by atoms with E-state index in [0.717, 1.165) is 41.9 Å². The Kier molecular flexibility index (Phi) is 5.93. The van der Waals surface area contributed by atoms with Crippen molar-refractivity contribution in [2.75, 3.05) is 25.1 Å². The third-order valence-electron chi connectivity index (χ3n) is 4.62. The first-order chi connectivity index (χ1) is 13.3. The van der Waals surface area contributed by atoms with Gasteiger partial charge in [0.25, 0.3) is 0 Å². The third kappa shape index (κ3) is 4.84. The number of hydrogen-bond donors (Lipinski definition) is 2. The molecule has 0 radical (unpaired) electrons. The van der Waals surface area contributed by atoms with E-state index in [-0.39, 0.29) is 24.6 Å². The lowest BCUT2D eigenvalue weighted by atomic mass is 10.1. The molecule has 3 rings (SSSR count). The second-order valence-electron chi connectivity index (χ2n) is 8.33. The fourth-order valence-corrected chi connectivity index (χ4v) is 3.42. The molecule has 0 unspecified atom stereocenters. The summed E-state index contributed by atoms with van der Waals surface area (Å²) >= 11 is 0. The van der Waals surface area contributed by atoms with E-state index < -0.39 is 0 Å². The molecular formula is C21H29N5O2. The van der Waals surface area contributed by atoms with Crippen LogP contribution in [0.1, 0.15) is 44.0 Å². The zero-order valence-electron chi connectivity index (χ0n) is 17.1. The Balaban J connectivity index is 1.88. The normalized spacial score (nSPS) is 13.3. The highest BCUT2D eigenvalue weighted by atomic mass is 16.3. The molecule has 0 spiro atoms. The van der Waals surface area contributed by atoms with Crippen LogP contribution in [0.15, 0.2) is 18.3 Å². The lowest BCUT2D eigenvalue weighted by Gasteiger charge is -2.25. The van der Waals surface area contributed by atoms with Gasteiger partial charge in [0, 0.05) is 36.6 Å². The Bertz CT molecular complexity index is 843. The van der Waals surface area contributed by atoms with Gasteiger partial charge >= 0.3 is 0 Å². The van der Waals surface area contributed by atoms with Crippen LogP contribution in [-0.4, -0.2) is 51.7 Å². The quantitative estimate of drug-likeness (QED) is 0.792. The number of aromatic nitrogens is 3. The summed E-state index contributed by atoms with van der Waals surface area (Å²) in [6, 6.07) is 3.83. The summed E-state index contributed by atoms with van der Waals surface area (Å²) in [6.07, 6.45) is 5.23. The van der Waals surface area contributed by atoms with Gasteiger partial charge in [0.15, 0.2) is 5.82 Å². The van der Waals surface area contributed by atoms with Crippen LogP contribution in [0, 0.1) is 0 Å². The number of carbonyl (C=O) groups is 1. The zero-order chi connectivity index (χ0) is 20.3. The van der Waals surface area contributed by atoms with Gasteiger partial charge in [-0.3, -0.25) is 9.78 Å². The number of carbonyl (C=O) groups excluding carboxylic acids is 1. The number of hydrogen-bond acceptors (Lipinski definition) is 6. The molecule has 2 aromatic heterocycles. The van der Waals surface area contributed by atoms with E-state index >= 15 is 0 Å². The van der Waals surface area contributed by atoms with Gasteiger partial charge in [-0.1, -0.05) is 6.07 Å². The highest BCUT2D eigenvalue weighted by Crippen LogP contribution is 2.30. The van der Waals surface area contributed by atoms with Gasteiger partial charge in [-0.05, 0) is 58.1 Å². The number of fused-ring (bicyclic) bond motifs is 1. The molecule has 2 heterocycles. The van der Waals surface area contributed by atoms with Gasteiger partial charge in [0.2, 0.25) is 5.91 Å². The smallest absolute Gasteiger partial charge is 0.239 e.